The molecule has 1 heterocycles. The number of benzene rings is 1. The Morgan fingerprint density at radius 1 is 1.21 bits per heavy atom. The molecule has 0 aliphatic rings. The minimum Gasteiger partial charge on any atom is -0.331 e. The summed E-state index contributed by atoms with van der Waals surface area (Å²) >= 11 is 0. The van der Waals surface area contributed by atoms with Gasteiger partial charge in [-0.2, -0.15) is 0 Å². The third-order valence-corrected chi connectivity index (χ3v) is 2.62. The number of rotatable bonds is 3. The number of nitrogens with one attached hydrogen (secondary N) is 2. The number of pyridine rings is 1. The number of nitrogens with zero attached hydrogens (tertiary/aromatic N) is 1. The number of halogens is 1. The van der Waals surface area contributed by atoms with Crippen LogP contribution in [0.1, 0.15) is 18.5 Å². The SMILES string of the molecule is C[C@@H](NC(=O)Nc1ccc(F)cn1)c1ccccc1. The van der Waals surface area contributed by atoms with E-state index in [0.29, 0.717) is 5.82 Å². The van der Waals surface area contributed by atoms with E-state index in [1.165, 1.54) is 12.1 Å². The fourth-order valence-electron chi connectivity index (χ4n) is 1.62. The van der Waals surface area contributed by atoms with Crippen molar-refractivity contribution < 1.29 is 9.18 Å². The van der Waals surface area contributed by atoms with Crippen molar-refractivity contribution in [1.29, 1.82) is 0 Å². The molecule has 1 aromatic heterocycles. The molecule has 0 unspecified atom stereocenters. The summed E-state index contributed by atoms with van der Waals surface area (Å²) < 4.78 is 12.7. The molecule has 2 N–H and O–H groups in total. The highest BCUT2D eigenvalue weighted by Gasteiger charge is 2.09. The van der Waals surface area contributed by atoms with Crippen LogP contribution < -0.4 is 10.6 Å². The molecule has 0 aliphatic carbocycles. The highest BCUT2D eigenvalue weighted by molar-refractivity contribution is 5.88. The molecule has 0 spiro atoms. The average molecular weight is 259 g/mol. The van der Waals surface area contributed by atoms with Gasteiger partial charge >= 0.3 is 6.03 Å². The van der Waals surface area contributed by atoms with E-state index in [1.807, 2.05) is 37.3 Å². The Hall–Kier alpha value is -2.43. The molecule has 4 nitrogen and oxygen atoms in total. The number of carbonyl (C=O) groups is 1. The van der Waals surface area contributed by atoms with Crippen LogP contribution in [0.4, 0.5) is 15.0 Å². The van der Waals surface area contributed by atoms with Gasteiger partial charge in [-0.1, -0.05) is 30.3 Å². The number of carbonyl (C=O) groups excluding carboxylic acids is 1. The summed E-state index contributed by atoms with van der Waals surface area (Å²) in [7, 11) is 0. The zero-order valence-electron chi connectivity index (χ0n) is 10.4. The van der Waals surface area contributed by atoms with Gasteiger partial charge in [0.2, 0.25) is 0 Å². The Balaban J connectivity index is 1.93. The second kappa shape index (κ2) is 5.95. The monoisotopic (exact) mass is 259 g/mol. The summed E-state index contributed by atoms with van der Waals surface area (Å²) in [6, 6.07) is 11.7. The van der Waals surface area contributed by atoms with Crippen LogP contribution in [-0.2, 0) is 0 Å². The normalized spacial score (nSPS) is 11.7. The highest BCUT2D eigenvalue weighted by atomic mass is 19.1. The Labute approximate surface area is 110 Å². The van der Waals surface area contributed by atoms with Gasteiger partial charge in [-0.05, 0) is 24.6 Å². The molecule has 98 valence electrons. The number of hydrogen-bond donors (Lipinski definition) is 2. The van der Waals surface area contributed by atoms with E-state index in [1.54, 1.807) is 0 Å². The van der Waals surface area contributed by atoms with E-state index < -0.39 is 5.82 Å². The van der Waals surface area contributed by atoms with Crippen molar-refractivity contribution in [3.8, 4) is 0 Å². The quantitative estimate of drug-likeness (QED) is 0.889. The molecule has 0 aliphatic heterocycles. The number of urea groups is 1. The number of anilines is 1. The van der Waals surface area contributed by atoms with Crippen LogP contribution >= 0.6 is 0 Å². The summed E-state index contributed by atoms with van der Waals surface area (Å²) in [6.45, 7) is 1.88. The molecular formula is C14H14FN3O. The van der Waals surface area contributed by atoms with E-state index in [2.05, 4.69) is 15.6 Å². The van der Waals surface area contributed by atoms with Crippen molar-refractivity contribution in [2.45, 2.75) is 13.0 Å². The van der Waals surface area contributed by atoms with E-state index >= 15 is 0 Å². The standard InChI is InChI=1S/C14H14FN3O/c1-10(11-5-3-2-4-6-11)17-14(19)18-13-8-7-12(15)9-16-13/h2-10H,1H3,(H2,16,17,18,19)/t10-/m1/s1. The van der Waals surface area contributed by atoms with Crippen LogP contribution in [0.2, 0.25) is 0 Å². The summed E-state index contributed by atoms with van der Waals surface area (Å²) in [5, 5.41) is 5.32. The fourth-order valence-corrected chi connectivity index (χ4v) is 1.62. The highest BCUT2D eigenvalue weighted by Crippen LogP contribution is 2.11. The molecular weight excluding hydrogens is 245 g/mol. The molecule has 2 amide bonds. The maximum atomic E-state index is 12.7. The summed E-state index contributed by atoms with van der Waals surface area (Å²) in [5.41, 5.74) is 1.00. The predicted octanol–water partition coefficient (Wildman–Crippen LogP) is 3.10. The van der Waals surface area contributed by atoms with Crippen molar-refractivity contribution in [3.63, 3.8) is 0 Å². The van der Waals surface area contributed by atoms with E-state index in [4.69, 9.17) is 0 Å². The van der Waals surface area contributed by atoms with Gasteiger partial charge in [0.05, 0.1) is 12.2 Å². The minimum atomic E-state index is -0.441. The maximum Gasteiger partial charge on any atom is 0.320 e. The number of amides is 2. The van der Waals surface area contributed by atoms with Crippen LogP contribution in [0.3, 0.4) is 0 Å². The summed E-state index contributed by atoms with van der Waals surface area (Å²) in [6.07, 6.45) is 1.05. The van der Waals surface area contributed by atoms with E-state index in [0.717, 1.165) is 11.8 Å². The molecule has 19 heavy (non-hydrogen) atoms. The molecule has 2 aromatic rings. The third kappa shape index (κ3) is 3.77. The van der Waals surface area contributed by atoms with Crippen molar-refractivity contribution >= 4 is 11.8 Å². The maximum absolute atomic E-state index is 12.7. The van der Waals surface area contributed by atoms with Gasteiger partial charge in [-0.3, -0.25) is 5.32 Å². The first kappa shape index (κ1) is 13.0. The zero-order valence-corrected chi connectivity index (χ0v) is 10.4. The molecule has 5 heteroatoms. The van der Waals surface area contributed by atoms with Gasteiger partial charge < -0.3 is 5.32 Å². The third-order valence-electron chi connectivity index (χ3n) is 2.62. The van der Waals surface area contributed by atoms with Crippen LogP contribution in [0.5, 0.6) is 0 Å². The van der Waals surface area contributed by atoms with Gasteiger partial charge in [0.25, 0.3) is 0 Å². The van der Waals surface area contributed by atoms with Gasteiger partial charge in [0.1, 0.15) is 11.6 Å². The van der Waals surface area contributed by atoms with Crippen LogP contribution in [-0.4, -0.2) is 11.0 Å². The molecule has 2 rings (SSSR count). The lowest BCUT2D eigenvalue weighted by Gasteiger charge is -2.14. The lowest BCUT2D eigenvalue weighted by Crippen LogP contribution is -2.31. The Kier molecular flexibility index (Phi) is 4.07. The van der Waals surface area contributed by atoms with Crippen molar-refractivity contribution in [3.05, 3.63) is 60.0 Å². The first-order valence-electron chi connectivity index (χ1n) is 5.89. The molecule has 0 saturated heterocycles. The molecule has 0 radical (unpaired) electrons. The van der Waals surface area contributed by atoms with Gasteiger partial charge in [0, 0.05) is 0 Å². The second-order valence-electron chi connectivity index (χ2n) is 4.09. The van der Waals surface area contributed by atoms with Crippen LogP contribution in [0.15, 0.2) is 48.7 Å². The van der Waals surface area contributed by atoms with Crippen molar-refractivity contribution in [2.75, 3.05) is 5.32 Å². The predicted molar refractivity (Wildman–Crippen MR) is 71.2 cm³/mol. The topological polar surface area (TPSA) is 54.0 Å². The molecule has 0 fully saturated rings. The van der Waals surface area contributed by atoms with Gasteiger partial charge in [-0.15, -0.1) is 0 Å². The minimum absolute atomic E-state index is 0.123. The van der Waals surface area contributed by atoms with E-state index in [-0.39, 0.29) is 12.1 Å². The molecule has 1 atom stereocenters. The first-order valence-corrected chi connectivity index (χ1v) is 5.89. The smallest absolute Gasteiger partial charge is 0.320 e. The van der Waals surface area contributed by atoms with Crippen molar-refractivity contribution in [2.24, 2.45) is 0 Å². The van der Waals surface area contributed by atoms with E-state index in [9.17, 15) is 9.18 Å². The van der Waals surface area contributed by atoms with Gasteiger partial charge in [0.15, 0.2) is 0 Å². The summed E-state index contributed by atoms with van der Waals surface area (Å²) in [5.74, 6) is -0.136. The van der Waals surface area contributed by atoms with Crippen molar-refractivity contribution in [1.82, 2.24) is 10.3 Å². The Morgan fingerprint density at radius 2 is 1.95 bits per heavy atom. The largest absolute Gasteiger partial charge is 0.331 e. The molecule has 1 aromatic carbocycles. The Morgan fingerprint density at radius 3 is 2.58 bits per heavy atom. The number of hydrogen-bond acceptors (Lipinski definition) is 2. The van der Waals surface area contributed by atoms with Gasteiger partial charge in [-0.25, -0.2) is 14.2 Å². The van der Waals surface area contributed by atoms with Crippen LogP contribution in [0.25, 0.3) is 0 Å². The van der Waals surface area contributed by atoms with Crippen LogP contribution in [0, 0.1) is 5.82 Å². The molecule has 0 bridgehead atoms. The first-order chi connectivity index (χ1) is 9.15. The summed E-state index contributed by atoms with van der Waals surface area (Å²) in [4.78, 5) is 15.5. The lowest BCUT2D eigenvalue weighted by atomic mass is 10.1. The second-order valence-corrected chi connectivity index (χ2v) is 4.09. The molecule has 0 saturated carbocycles. The lowest BCUT2D eigenvalue weighted by molar-refractivity contribution is 0.249. The zero-order chi connectivity index (χ0) is 13.7. The average Bonchev–Trinajstić information content (AvgIpc) is 2.42. The fraction of sp³-hybridized carbons (Fsp3) is 0.143. The number of aromatic nitrogens is 1. The Bertz CT molecular complexity index is 542.